The topological polar surface area (TPSA) is 18.8 Å². The van der Waals surface area contributed by atoms with E-state index >= 15 is 0 Å². The Morgan fingerprint density at radius 2 is 2.25 bits per heavy atom. The molecular formula is C9H19N3. The van der Waals surface area contributed by atoms with E-state index in [1.165, 1.54) is 12.3 Å². The van der Waals surface area contributed by atoms with Crippen LogP contribution in [0, 0.1) is 0 Å². The van der Waals surface area contributed by atoms with Crippen LogP contribution in [-0.4, -0.2) is 49.0 Å². The summed E-state index contributed by atoms with van der Waals surface area (Å²) in [6.07, 6.45) is 1.85. The van der Waals surface area contributed by atoms with Crippen LogP contribution in [0.25, 0.3) is 0 Å². The Labute approximate surface area is 75.1 Å². The number of likely N-dealkylation sites (tertiary alicyclic amines) is 1. The molecule has 3 nitrogen and oxygen atoms in total. The molecule has 0 saturated carbocycles. The highest BCUT2D eigenvalue weighted by molar-refractivity contribution is 5.80. The molecule has 0 radical (unpaired) electrons. The van der Waals surface area contributed by atoms with Crippen molar-refractivity contribution in [3.05, 3.63) is 0 Å². The molecule has 1 aliphatic heterocycles. The third kappa shape index (κ3) is 1.78. The fourth-order valence-electron chi connectivity index (χ4n) is 1.61. The molecule has 0 aromatic carbocycles. The van der Waals surface area contributed by atoms with Crippen LogP contribution in [-0.2, 0) is 0 Å². The van der Waals surface area contributed by atoms with Gasteiger partial charge in [0.05, 0.1) is 12.0 Å². The third-order valence-corrected chi connectivity index (χ3v) is 2.39. The van der Waals surface area contributed by atoms with Gasteiger partial charge in [-0.25, -0.2) is 0 Å². The van der Waals surface area contributed by atoms with Crippen LogP contribution in [0.3, 0.4) is 0 Å². The van der Waals surface area contributed by atoms with Gasteiger partial charge in [0.2, 0.25) is 0 Å². The summed E-state index contributed by atoms with van der Waals surface area (Å²) in [5.74, 6) is 1.18. The second-order valence-electron chi connectivity index (χ2n) is 3.45. The molecule has 3 heteroatoms. The minimum absolute atomic E-state index is 0.584. The van der Waals surface area contributed by atoms with E-state index in [0.29, 0.717) is 6.17 Å². The zero-order valence-electron chi connectivity index (χ0n) is 8.54. The van der Waals surface area contributed by atoms with E-state index in [1.54, 1.807) is 0 Å². The van der Waals surface area contributed by atoms with Crippen LogP contribution >= 0.6 is 0 Å². The number of hydrogen-bond donors (Lipinski definition) is 0. The van der Waals surface area contributed by atoms with E-state index in [2.05, 4.69) is 42.7 Å². The standard InChI is InChI=1S/C9H19N3/c1-5-10-8(2)12-7-6-9(12)11(3)4/h9H,5-7H2,1-4H3. The first-order chi connectivity index (χ1) is 5.66. The van der Waals surface area contributed by atoms with Gasteiger partial charge < -0.3 is 4.90 Å². The molecule has 1 atom stereocenters. The first kappa shape index (κ1) is 9.52. The summed E-state index contributed by atoms with van der Waals surface area (Å²) >= 11 is 0. The first-order valence-corrected chi connectivity index (χ1v) is 4.61. The van der Waals surface area contributed by atoms with E-state index in [9.17, 15) is 0 Å². The van der Waals surface area contributed by atoms with Gasteiger partial charge >= 0.3 is 0 Å². The molecule has 0 spiro atoms. The quantitative estimate of drug-likeness (QED) is 0.454. The van der Waals surface area contributed by atoms with Crippen LogP contribution in [0.2, 0.25) is 0 Å². The van der Waals surface area contributed by atoms with Crippen molar-refractivity contribution in [3.63, 3.8) is 0 Å². The number of hydrogen-bond acceptors (Lipinski definition) is 2. The van der Waals surface area contributed by atoms with E-state index in [-0.39, 0.29) is 0 Å². The summed E-state index contributed by atoms with van der Waals surface area (Å²) in [6.45, 7) is 6.23. The average molecular weight is 169 g/mol. The van der Waals surface area contributed by atoms with Crippen LogP contribution in [0.15, 0.2) is 4.99 Å². The molecule has 0 amide bonds. The Kier molecular flexibility index (Phi) is 3.09. The van der Waals surface area contributed by atoms with Gasteiger partial charge in [-0.2, -0.15) is 0 Å². The van der Waals surface area contributed by atoms with Gasteiger partial charge in [-0.1, -0.05) is 0 Å². The summed E-state index contributed by atoms with van der Waals surface area (Å²) < 4.78 is 0. The van der Waals surface area contributed by atoms with Crippen LogP contribution in [0.1, 0.15) is 20.3 Å². The maximum atomic E-state index is 4.40. The van der Waals surface area contributed by atoms with Crippen molar-refractivity contribution < 1.29 is 0 Å². The van der Waals surface area contributed by atoms with Crippen molar-refractivity contribution in [3.8, 4) is 0 Å². The lowest BCUT2D eigenvalue weighted by Crippen LogP contribution is -2.57. The smallest absolute Gasteiger partial charge is 0.0969 e. The highest BCUT2D eigenvalue weighted by Gasteiger charge is 2.29. The predicted molar refractivity (Wildman–Crippen MR) is 52.4 cm³/mol. The van der Waals surface area contributed by atoms with Crippen molar-refractivity contribution in [1.82, 2.24) is 9.80 Å². The van der Waals surface area contributed by atoms with Crippen molar-refractivity contribution in [2.75, 3.05) is 27.2 Å². The highest BCUT2D eigenvalue weighted by atomic mass is 15.4. The summed E-state index contributed by atoms with van der Waals surface area (Å²) in [5.41, 5.74) is 0. The number of aliphatic imine (C=N–C) groups is 1. The van der Waals surface area contributed by atoms with E-state index in [0.717, 1.165) is 13.1 Å². The van der Waals surface area contributed by atoms with E-state index in [1.807, 2.05) is 0 Å². The SMILES string of the molecule is CCN=C(C)N1CCC1N(C)C. The minimum Gasteiger partial charge on any atom is -0.345 e. The zero-order valence-corrected chi connectivity index (χ0v) is 8.54. The molecule has 1 rings (SSSR count). The molecule has 1 aliphatic rings. The summed E-state index contributed by atoms with van der Waals surface area (Å²) in [5, 5.41) is 0. The Hall–Kier alpha value is -0.570. The second-order valence-corrected chi connectivity index (χ2v) is 3.45. The molecule has 0 bridgehead atoms. The third-order valence-electron chi connectivity index (χ3n) is 2.39. The lowest BCUT2D eigenvalue weighted by atomic mass is 10.1. The van der Waals surface area contributed by atoms with Crippen molar-refractivity contribution >= 4 is 5.84 Å². The normalized spacial score (nSPS) is 24.6. The Morgan fingerprint density at radius 1 is 1.58 bits per heavy atom. The van der Waals surface area contributed by atoms with Crippen molar-refractivity contribution in [1.29, 1.82) is 0 Å². The lowest BCUT2D eigenvalue weighted by Gasteiger charge is -2.46. The molecule has 1 fully saturated rings. The van der Waals surface area contributed by atoms with Gasteiger partial charge in [0.15, 0.2) is 0 Å². The van der Waals surface area contributed by atoms with Gasteiger partial charge in [-0.3, -0.25) is 9.89 Å². The highest BCUT2D eigenvalue weighted by Crippen LogP contribution is 2.19. The molecular weight excluding hydrogens is 150 g/mol. The van der Waals surface area contributed by atoms with Gasteiger partial charge in [-0.15, -0.1) is 0 Å². The summed E-state index contributed by atoms with van der Waals surface area (Å²) in [7, 11) is 4.24. The number of rotatable bonds is 2. The molecule has 1 saturated heterocycles. The van der Waals surface area contributed by atoms with Gasteiger partial charge in [-0.05, 0) is 34.4 Å². The van der Waals surface area contributed by atoms with Gasteiger partial charge in [0.1, 0.15) is 0 Å². The molecule has 0 aromatic rings. The molecule has 0 aromatic heterocycles. The molecule has 1 heterocycles. The average Bonchev–Trinajstić information content (AvgIpc) is 1.82. The molecule has 70 valence electrons. The number of nitrogens with zero attached hydrogens (tertiary/aromatic N) is 3. The fourth-order valence-corrected chi connectivity index (χ4v) is 1.61. The molecule has 12 heavy (non-hydrogen) atoms. The Morgan fingerprint density at radius 3 is 2.58 bits per heavy atom. The predicted octanol–water partition coefficient (Wildman–Crippen LogP) is 1.02. The molecule has 1 unspecified atom stereocenters. The largest absolute Gasteiger partial charge is 0.345 e. The zero-order chi connectivity index (χ0) is 9.14. The maximum absolute atomic E-state index is 4.40. The first-order valence-electron chi connectivity index (χ1n) is 4.61. The van der Waals surface area contributed by atoms with Crippen LogP contribution < -0.4 is 0 Å². The van der Waals surface area contributed by atoms with Crippen LogP contribution in [0.4, 0.5) is 0 Å². The van der Waals surface area contributed by atoms with E-state index < -0.39 is 0 Å². The summed E-state index contributed by atoms with van der Waals surface area (Å²) in [6, 6.07) is 0. The van der Waals surface area contributed by atoms with Crippen molar-refractivity contribution in [2.45, 2.75) is 26.4 Å². The molecule has 0 N–H and O–H groups in total. The second kappa shape index (κ2) is 3.90. The van der Waals surface area contributed by atoms with Gasteiger partial charge in [0.25, 0.3) is 0 Å². The minimum atomic E-state index is 0.584. The molecule has 0 aliphatic carbocycles. The summed E-state index contributed by atoms with van der Waals surface area (Å²) in [4.78, 5) is 8.99. The van der Waals surface area contributed by atoms with E-state index in [4.69, 9.17) is 0 Å². The Balaban J connectivity index is 2.48. The van der Waals surface area contributed by atoms with Crippen molar-refractivity contribution in [2.24, 2.45) is 4.99 Å². The van der Waals surface area contributed by atoms with Crippen LogP contribution in [0.5, 0.6) is 0 Å². The maximum Gasteiger partial charge on any atom is 0.0969 e. The number of amidine groups is 1. The fraction of sp³-hybridized carbons (Fsp3) is 0.889. The Bertz CT molecular complexity index is 175. The lowest BCUT2D eigenvalue weighted by molar-refractivity contribution is 0.0536. The van der Waals surface area contributed by atoms with Gasteiger partial charge in [0, 0.05) is 13.1 Å². The monoisotopic (exact) mass is 169 g/mol.